The van der Waals surface area contributed by atoms with E-state index in [-0.39, 0.29) is 125 Å². The first-order valence-electron chi connectivity index (χ1n) is 8.69. The second-order valence-electron chi connectivity index (χ2n) is 5.91. The standard InChI is InChI=1S/C17H31NO5.2K.2H/c1-2-3-4-5-6-7-8-9-10-11-16(21)23-17(22)14(18)12-13-15(19)20;;;;/h14H,2-13,18H2,1H3,(H,19,20);;;;/q;2*+1;2*-1. The van der Waals surface area contributed by atoms with Crippen LogP contribution in [0, 0.1) is 0 Å². The van der Waals surface area contributed by atoms with Gasteiger partial charge in [-0.05, 0) is 12.8 Å². The van der Waals surface area contributed by atoms with Gasteiger partial charge in [-0.1, -0.05) is 58.3 Å². The van der Waals surface area contributed by atoms with Crippen molar-refractivity contribution in [2.24, 2.45) is 5.73 Å². The first-order valence-corrected chi connectivity index (χ1v) is 8.69. The summed E-state index contributed by atoms with van der Waals surface area (Å²) in [6.07, 6.45) is 10.2. The second kappa shape index (κ2) is 22.1. The summed E-state index contributed by atoms with van der Waals surface area (Å²) in [5.41, 5.74) is 5.47. The van der Waals surface area contributed by atoms with Crippen LogP contribution in [0.2, 0.25) is 0 Å². The number of rotatable bonds is 14. The smallest absolute Gasteiger partial charge is 1.00 e. The topological polar surface area (TPSA) is 107 Å². The quantitative estimate of drug-likeness (QED) is 0.141. The number of aliphatic carboxylic acids is 1. The number of unbranched alkanes of at least 4 members (excludes halogenated alkanes) is 8. The minimum absolute atomic E-state index is 0. The molecule has 0 aromatic heterocycles. The van der Waals surface area contributed by atoms with E-state index in [0.29, 0.717) is 6.42 Å². The Labute approximate surface area is 239 Å². The zero-order valence-electron chi connectivity index (χ0n) is 18.2. The van der Waals surface area contributed by atoms with Gasteiger partial charge in [-0.3, -0.25) is 9.59 Å². The number of ether oxygens (including phenoxy) is 1. The van der Waals surface area contributed by atoms with Crippen molar-refractivity contribution in [2.75, 3.05) is 0 Å². The molecule has 0 aliphatic rings. The first kappa shape index (κ1) is 31.5. The van der Waals surface area contributed by atoms with E-state index < -0.39 is 23.9 Å². The maximum absolute atomic E-state index is 11.5. The minimum Gasteiger partial charge on any atom is -1.00 e. The fourth-order valence-electron chi connectivity index (χ4n) is 2.22. The number of carboxylic acids is 1. The van der Waals surface area contributed by atoms with Gasteiger partial charge in [0.1, 0.15) is 6.04 Å². The number of hydrogen-bond acceptors (Lipinski definition) is 5. The van der Waals surface area contributed by atoms with Gasteiger partial charge in [-0.2, -0.15) is 0 Å². The fourth-order valence-corrected chi connectivity index (χ4v) is 2.22. The molecule has 0 aliphatic heterocycles. The largest absolute Gasteiger partial charge is 1.00 e. The fraction of sp³-hybridized carbons (Fsp3) is 0.824. The summed E-state index contributed by atoms with van der Waals surface area (Å²) in [6.45, 7) is 2.20. The van der Waals surface area contributed by atoms with E-state index in [0.717, 1.165) is 12.8 Å². The van der Waals surface area contributed by atoms with Crippen LogP contribution in [0.4, 0.5) is 0 Å². The summed E-state index contributed by atoms with van der Waals surface area (Å²) in [4.78, 5) is 33.3. The second-order valence-corrected chi connectivity index (χ2v) is 5.91. The summed E-state index contributed by atoms with van der Waals surface area (Å²) in [7, 11) is 0. The third-order valence-corrected chi connectivity index (χ3v) is 3.67. The van der Waals surface area contributed by atoms with Crippen LogP contribution >= 0.6 is 0 Å². The zero-order valence-corrected chi connectivity index (χ0v) is 22.5. The molecule has 0 heterocycles. The van der Waals surface area contributed by atoms with Crippen LogP contribution in [0.15, 0.2) is 0 Å². The maximum atomic E-state index is 11.5. The molecule has 6 nitrogen and oxygen atoms in total. The van der Waals surface area contributed by atoms with E-state index in [1.54, 1.807) is 0 Å². The van der Waals surface area contributed by atoms with Crippen molar-refractivity contribution in [1.82, 2.24) is 0 Å². The molecular formula is C17H33K2NO5. The number of carboxylic acid groups (broad SMARTS) is 1. The molecule has 0 aromatic rings. The third-order valence-electron chi connectivity index (χ3n) is 3.67. The molecule has 1 unspecified atom stereocenters. The summed E-state index contributed by atoms with van der Waals surface area (Å²) in [6, 6.07) is -1.06. The van der Waals surface area contributed by atoms with Gasteiger partial charge in [-0.15, -0.1) is 0 Å². The Hall–Kier alpha value is 1.84. The molecular weight excluding hydrogens is 376 g/mol. The molecule has 8 heteroatoms. The van der Waals surface area contributed by atoms with Crippen molar-refractivity contribution in [3.63, 3.8) is 0 Å². The number of esters is 2. The van der Waals surface area contributed by atoms with Crippen LogP contribution in [0.1, 0.15) is 86.8 Å². The Morgan fingerprint density at radius 3 is 1.88 bits per heavy atom. The molecule has 0 saturated heterocycles. The molecule has 0 bridgehead atoms. The minimum atomic E-state index is -1.06. The predicted octanol–water partition coefficient (Wildman–Crippen LogP) is -2.60. The van der Waals surface area contributed by atoms with Crippen LogP contribution in [0.3, 0.4) is 0 Å². The van der Waals surface area contributed by atoms with E-state index in [4.69, 9.17) is 10.8 Å². The van der Waals surface area contributed by atoms with Gasteiger partial charge in [0.2, 0.25) is 0 Å². The Balaban J connectivity index is -0.000000403. The Bertz CT molecular complexity index is 377. The molecule has 0 rings (SSSR count). The van der Waals surface area contributed by atoms with Crippen molar-refractivity contribution >= 4 is 17.9 Å². The Morgan fingerprint density at radius 2 is 1.40 bits per heavy atom. The van der Waals surface area contributed by atoms with Crippen molar-refractivity contribution in [2.45, 2.75) is 90.0 Å². The number of carbonyl (C=O) groups excluding carboxylic acids is 2. The van der Waals surface area contributed by atoms with Crippen LogP contribution in [0.5, 0.6) is 0 Å². The number of hydrogen-bond donors (Lipinski definition) is 2. The van der Waals surface area contributed by atoms with Gasteiger partial charge >= 0.3 is 121 Å². The molecule has 0 amide bonds. The predicted molar refractivity (Wildman–Crippen MR) is 90.0 cm³/mol. The zero-order chi connectivity index (χ0) is 17.5. The van der Waals surface area contributed by atoms with Gasteiger partial charge < -0.3 is 18.4 Å². The molecule has 0 aromatic carbocycles. The molecule has 0 fully saturated rings. The van der Waals surface area contributed by atoms with Gasteiger partial charge in [0, 0.05) is 12.8 Å². The van der Waals surface area contributed by atoms with Gasteiger partial charge in [0.15, 0.2) is 0 Å². The van der Waals surface area contributed by atoms with E-state index in [1.807, 2.05) is 0 Å². The molecule has 1 atom stereocenters. The Morgan fingerprint density at radius 1 is 0.920 bits per heavy atom. The average Bonchev–Trinajstić information content (AvgIpc) is 2.50. The maximum Gasteiger partial charge on any atom is 1.00 e. The van der Waals surface area contributed by atoms with Crippen molar-refractivity contribution in [3.05, 3.63) is 0 Å². The summed E-state index contributed by atoms with van der Waals surface area (Å²) in [5, 5.41) is 8.50. The van der Waals surface area contributed by atoms with Crippen LogP contribution in [-0.2, 0) is 19.1 Å². The van der Waals surface area contributed by atoms with Crippen molar-refractivity contribution in [3.8, 4) is 0 Å². The first-order chi connectivity index (χ1) is 11.0. The summed E-state index contributed by atoms with van der Waals surface area (Å²) < 4.78 is 4.62. The molecule has 0 saturated carbocycles. The van der Waals surface area contributed by atoms with E-state index in [2.05, 4.69) is 11.7 Å². The summed E-state index contributed by atoms with van der Waals surface area (Å²) in [5.74, 6) is -2.45. The van der Waals surface area contributed by atoms with Crippen LogP contribution in [0.25, 0.3) is 0 Å². The number of nitrogens with two attached hydrogens (primary N) is 1. The molecule has 25 heavy (non-hydrogen) atoms. The normalized spacial score (nSPS) is 11.0. The molecule has 0 spiro atoms. The molecule has 3 N–H and O–H groups in total. The molecule has 0 aliphatic carbocycles. The monoisotopic (exact) mass is 409 g/mol. The van der Waals surface area contributed by atoms with Gasteiger partial charge in [0.25, 0.3) is 0 Å². The van der Waals surface area contributed by atoms with Crippen molar-refractivity contribution in [1.29, 1.82) is 0 Å². The average molecular weight is 410 g/mol. The van der Waals surface area contributed by atoms with E-state index in [9.17, 15) is 14.4 Å². The molecule has 0 radical (unpaired) electrons. The van der Waals surface area contributed by atoms with Crippen LogP contribution < -0.4 is 109 Å². The van der Waals surface area contributed by atoms with Crippen LogP contribution in [-0.4, -0.2) is 29.1 Å². The van der Waals surface area contributed by atoms with Gasteiger partial charge in [0.05, 0.1) is 0 Å². The SMILES string of the molecule is CCCCCCCCCCCC(=O)OC(=O)C(N)CCC(=O)O.[H-].[H-].[K+].[K+]. The molecule has 138 valence electrons. The number of carbonyl (C=O) groups is 3. The Kier molecular flexibility index (Phi) is 27.9. The third kappa shape index (κ3) is 22.0. The van der Waals surface area contributed by atoms with E-state index in [1.165, 1.54) is 38.5 Å². The van der Waals surface area contributed by atoms with E-state index >= 15 is 0 Å². The summed E-state index contributed by atoms with van der Waals surface area (Å²) >= 11 is 0. The van der Waals surface area contributed by atoms with Gasteiger partial charge in [-0.25, -0.2) is 4.79 Å². The van der Waals surface area contributed by atoms with Crippen molar-refractivity contribution < 1.29 is 130 Å².